The van der Waals surface area contributed by atoms with E-state index in [1.54, 1.807) is 0 Å². The molecule has 1 aliphatic rings. The van der Waals surface area contributed by atoms with Crippen molar-refractivity contribution in [3.05, 3.63) is 64.3 Å². The fourth-order valence-electron chi connectivity index (χ4n) is 3.98. The summed E-state index contributed by atoms with van der Waals surface area (Å²) >= 11 is 0. The minimum Gasteiger partial charge on any atom is -0.369 e. The summed E-state index contributed by atoms with van der Waals surface area (Å²) < 4.78 is 2.80. The van der Waals surface area contributed by atoms with Gasteiger partial charge in [-0.2, -0.15) is 11.1 Å². The summed E-state index contributed by atoms with van der Waals surface area (Å²) in [6.07, 6.45) is 0.567. The number of nitrogens with one attached hydrogen (secondary N) is 4. The Kier molecular flexibility index (Phi) is 5.15. The highest BCUT2D eigenvalue weighted by Crippen LogP contribution is 2.34. The van der Waals surface area contributed by atoms with E-state index in [9.17, 15) is 4.79 Å². The first-order valence-corrected chi connectivity index (χ1v) is 10.3. The second-order valence-corrected chi connectivity index (χ2v) is 7.74. The maximum absolute atomic E-state index is 13.2. The van der Waals surface area contributed by atoms with Crippen LogP contribution < -0.4 is 33.3 Å². The van der Waals surface area contributed by atoms with E-state index in [4.69, 9.17) is 5.73 Å². The SMILES string of the molecule is Cc1cc(-c2c(-c3ccccc3)nc(N)n3c(=O)n(CCC4NNNN4)nc23)cc(C)n1. The van der Waals surface area contributed by atoms with Crippen molar-refractivity contribution in [3.8, 4) is 22.4 Å². The lowest BCUT2D eigenvalue weighted by molar-refractivity contribution is 0.431. The molecule has 4 aromatic rings. The third kappa shape index (κ3) is 3.63. The smallest absolute Gasteiger partial charge is 0.353 e. The number of benzene rings is 1. The molecule has 0 saturated carbocycles. The molecule has 4 heterocycles. The van der Waals surface area contributed by atoms with Gasteiger partial charge in [-0.1, -0.05) is 30.3 Å². The van der Waals surface area contributed by atoms with E-state index in [1.165, 1.54) is 9.08 Å². The monoisotopic (exact) mass is 432 g/mol. The number of rotatable bonds is 5. The molecule has 3 aromatic heterocycles. The molecule has 0 amide bonds. The second kappa shape index (κ2) is 8.13. The molecule has 0 atom stereocenters. The number of nitrogen functional groups attached to an aromatic ring is 1. The molecule has 32 heavy (non-hydrogen) atoms. The van der Waals surface area contributed by atoms with E-state index in [0.29, 0.717) is 24.3 Å². The van der Waals surface area contributed by atoms with E-state index in [1.807, 2.05) is 56.3 Å². The number of nitrogens with zero attached hydrogens (tertiary/aromatic N) is 5. The van der Waals surface area contributed by atoms with Crippen molar-refractivity contribution in [2.45, 2.75) is 33.0 Å². The Morgan fingerprint density at radius 2 is 1.69 bits per heavy atom. The Bertz CT molecular complexity index is 1320. The van der Waals surface area contributed by atoms with Gasteiger partial charge in [-0.25, -0.2) is 29.7 Å². The van der Waals surface area contributed by atoms with Crippen molar-refractivity contribution >= 4 is 11.6 Å². The van der Waals surface area contributed by atoms with Crippen LogP contribution in [0, 0.1) is 13.8 Å². The molecule has 0 spiro atoms. The molecule has 0 bridgehead atoms. The third-order valence-corrected chi connectivity index (χ3v) is 5.36. The van der Waals surface area contributed by atoms with Crippen molar-refractivity contribution in [3.63, 3.8) is 0 Å². The lowest BCUT2D eigenvalue weighted by Gasteiger charge is -2.13. The van der Waals surface area contributed by atoms with Gasteiger partial charge in [-0.15, -0.1) is 5.10 Å². The summed E-state index contributed by atoms with van der Waals surface area (Å²) in [6, 6.07) is 13.7. The van der Waals surface area contributed by atoms with E-state index in [-0.39, 0.29) is 17.8 Å². The first-order valence-electron chi connectivity index (χ1n) is 10.3. The Morgan fingerprint density at radius 1 is 1.00 bits per heavy atom. The van der Waals surface area contributed by atoms with Gasteiger partial charge in [0.2, 0.25) is 5.95 Å². The van der Waals surface area contributed by atoms with Crippen LogP contribution in [0.5, 0.6) is 0 Å². The zero-order valence-corrected chi connectivity index (χ0v) is 17.8. The van der Waals surface area contributed by atoms with Crippen molar-refractivity contribution in [2.75, 3.05) is 5.73 Å². The van der Waals surface area contributed by atoms with E-state index < -0.39 is 0 Å². The number of hydrogen-bond donors (Lipinski definition) is 5. The molecule has 0 radical (unpaired) electrons. The molecule has 1 aliphatic heterocycles. The number of aromatic nitrogens is 5. The van der Waals surface area contributed by atoms with Crippen molar-refractivity contribution in [2.24, 2.45) is 0 Å². The van der Waals surface area contributed by atoms with Crippen LogP contribution in [0.15, 0.2) is 47.3 Å². The van der Waals surface area contributed by atoms with Gasteiger partial charge < -0.3 is 5.73 Å². The van der Waals surface area contributed by atoms with Crippen LogP contribution in [-0.2, 0) is 6.54 Å². The van der Waals surface area contributed by atoms with Crippen molar-refractivity contribution < 1.29 is 0 Å². The van der Waals surface area contributed by atoms with Crippen LogP contribution in [0.2, 0.25) is 0 Å². The molecule has 6 N–H and O–H groups in total. The second-order valence-electron chi connectivity index (χ2n) is 7.74. The average Bonchev–Trinajstić information content (AvgIpc) is 3.40. The van der Waals surface area contributed by atoms with Crippen LogP contribution in [0.1, 0.15) is 17.8 Å². The fourth-order valence-corrected chi connectivity index (χ4v) is 3.98. The highest BCUT2D eigenvalue weighted by Gasteiger charge is 2.22. The summed E-state index contributed by atoms with van der Waals surface area (Å²) in [5.74, 6) is 0.0989. The Hall–Kier alpha value is -3.64. The Labute approximate surface area is 183 Å². The van der Waals surface area contributed by atoms with Gasteiger partial charge in [0.1, 0.15) is 0 Å². The Morgan fingerprint density at radius 3 is 2.38 bits per heavy atom. The lowest BCUT2D eigenvalue weighted by atomic mass is 9.99. The molecule has 11 heteroatoms. The molecule has 0 unspecified atom stereocenters. The highest BCUT2D eigenvalue weighted by molar-refractivity contribution is 5.90. The van der Waals surface area contributed by atoms with Gasteiger partial charge in [0.25, 0.3) is 0 Å². The minimum absolute atomic E-state index is 0.0490. The quantitative estimate of drug-likeness (QED) is 0.308. The molecule has 164 valence electrons. The van der Waals surface area contributed by atoms with Gasteiger partial charge in [-0.05, 0) is 38.0 Å². The Balaban J connectivity index is 1.73. The van der Waals surface area contributed by atoms with Crippen molar-refractivity contribution in [1.82, 2.24) is 46.1 Å². The summed E-state index contributed by atoms with van der Waals surface area (Å²) in [7, 11) is 0. The predicted molar refractivity (Wildman–Crippen MR) is 121 cm³/mol. The van der Waals surface area contributed by atoms with Crippen LogP contribution in [0.3, 0.4) is 0 Å². The summed E-state index contributed by atoms with van der Waals surface area (Å²) in [4.78, 5) is 22.3. The van der Waals surface area contributed by atoms with Gasteiger partial charge in [-0.3, -0.25) is 4.98 Å². The normalized spacial score (nSPS) is 14.4. The highest BCUT2D eigenvalue weighted by atomic mass is 16.2. The van der Waals surface area contributed by atoms with Gasteiger partial charge in [0.15, 0.2) is 5.65 Å². The van der Waals surface area contributed by atoms with Crippen LogP contribution in [0.4, 0.5) is 5.95 Å². The third-order valence-electron chi connectivity index (χ3n) is 5.36. The average molecular weight is 432 g/mol. The summed E-state index contributed by atoms with van der Waals surface area (Å²) in [5.41, 5.74) is 22.9. The first-order chi connectivity index (χ1) is 15.5. The topological polar surface area (TPSA) is 139 Å². The van der Waals surface area contributed by atoms with Crippen LogP contribution >= 0.6 is 0 Å². The molecular formula is C21H24N10O. The number of fused-ring (bicyclic) bond motifs is 1. The molecule has 1 fully saturated rings. The molecule has 1 saturated heterocycles. The fraction of sp³-hybridized carbons (Fsp3) is 0.238. The molecule has 0 aliphatic carbocycles. The molecule has 5 rings (SSSR count). The van der Waals surface area contributed by atoms with E-state index >= 15 is 0 Å². The summed E-state index contributed by atoms with van der Waals surface area (Å²) in [5, 5.41) is 4.69. The van der Waals surface area contributed by atoms with Gasteiger partial charge >= 0.3 is 5.69 Å². The number of pyridine rings is 1. The molecular weight excluding hydrogens is 408 g/mol. The van der Waals surface area contributed by atoms with Crippen LogP contribution in [-0.4, -0.2) is 30.3 Å². The number of anilines is 1. The standard InChI is InChI=1S/C21H24N10O/c1-12-10-15(11-13(2)23-12)17-18(14-6-4-3-5-7-14)24-20(22)31-19(17)27-30(21(31)32)9-8-16-25-28-29-26-16/h3-7,10-11,16,25-26,28-29H,8-9H2,1-2H3,(H2,22,24). The maximum atomic E-state index is 13.2. The largest absolute Gasteiger partial charge is 0.369 e. The maximum Gasteiger partial charge on any atom is 0.353 e. The lowest BCUT2D eigenvalue weighted by Crippen LogP contribution is -2.36. The number of hydrazine groups is 3. The van der Waals surface area contributed by atoms with Crippen LogP contribution in [0.25, 0.3) is 28.0 Å². The zero-order valence-electron chi connectivity index (χ0n) is 17.8. The first kappa shape index (κ1) is 20.3. The van der Waals surface area contributed by atoms with Gasteiger partial charge in [0.05, 0.1) is 17.4 Å². The van der Waals surface area contributed by atoms with E-state index in [0.717, 1.165) is 28.1 Å². The zero-order chi connectivity index (χ0) is 22.2. The van der Waals surface area contributed by atoms with Crippen molar-refractivity contribution in [1.29, 1.82) is 0 Å². The molecule has 11 nitrogen and oxygen atoms in total. The number of aryl methyl sites for hydroxylation is 3. The van der Waals surface area contributed by atoms with Gasteiger partial charge in [0, 0.05) is 23.5 Å². The number of hydrogen-bond acceptors (Lipinski definition) is 9. The molecule has 1 aromatic carbocycles. The summed E-state index contributed by atoms with van der Waals surface area (Å²) in [6.45, 7) is 4.27. The number of nitrogens with two attached hydrogens (primary N) is 1. The van der Waals surface area contributed by atoms with E-state index in [2.05, 4.69) is 37.0 Å². The minimum atomic E-state index is -0.327. The predicted octanol–water partition coefficient (Wildman–Crippen LogP) is 0.652.